The molecule has 0 bridgehead atoms. The van der Waals surface area contributed by atoms with Crippen LogP contribution in [0.5, 0.6) is 0 Å². The van der Waals surface area contributed by atoms with Crippen LogP contribution in [0.2, 0.25) is 5.02 Å². The van der Waals surface area contributed by atoms with Crippen molar-refractivity contribution >= 4 is 49.1 Å². The van der Waals surface area contributed by atoms with Crippen LogP contribution in [0.25, 0.3) is 10.1 Å². The summed E-state index contributed by atoms with van der Waals surface area (Å²) in [6.45, 7) is 0.413. The van der Waals surface area contributed by atoms with Crippen molar-refractivity contribution in [2.24, 2.45) is 0 Å². The standard InChI is InChI=1S/C15H10BrClFNOS/c16-9-4-5-11-14(8-9)21-19(15(11)20)7-6-10-12(17)2-1-3-13(10)18/h1-5,8H,6-7H2. The summed E-state index contributed by atoms with van der Waals surface area (Å²) in [6.07, 6.45) is 0.388. The number of benzene rings is 2. The normalized spacial score (nSPS) is 11.2. The lowest BCUT2D eigenvalue weighted by atomic mass is 10.1. The molecule has 21 heavy (non-hydrogen) atoms. The molecule has 3 rings (SSSR count). The van der Waals surface area contributed by atoms with E-state index in [0.29, 0.717) is 28.9 Å². The van der Waals surface area contributed by atoms with Crippen LogP contribution in [0.15, 0.2) is 45.7 Å². The predicted octanol–water partition coefficient (Wildman–Crippen LogP) is 4.86. The van der Waals surface area contributed by atoms with E-state index < -0.39 is 0 Å². The molecule has 0 N–H and O–H groups in total. The van der Waals surface area contributed by atoms with Crippen LogP contribution in [0.1, 0.15) is 5.56 Å². The van der Waals surface area contributed by atoms with Crippen LogP contribution in [0, 0.1) is 5.82 Å². The average Bonchev–Trinajstić information content (AvgIpc) is 2.74. The van der Waals surface area contributed by atoms with Gasteiger partial charge in [0.15, 0.2) is 0 Å². The molecule has 0 aliphatic carbocycles. The van der Waals surface area contributed by atoms with Crippen LogP contribution >= 0.6 is 39.1 Å². The minimum atomic E-state index is -0.334. The highest BCUT2D eigenvalue weighted by atomic mass is 79.9. The second kappa shape index (κ2) is 5.91. The van der Waals surface area contributed by atoms with Crippen molar-refractivity contribution in [2.75, 3.05) is 0 Å². The van der Waals surface area contributed by atoms with Gasteiger partial charge in [-0.25, -0.2) is 4.39 Å². The lowest BCUT2D eigenvalue weighted by molar-refractivity contribution is 0.598. The van der Waals surface area contributed by atoms with Gasteiger partial charge >= 0.3 is 0 Å². The van der Waals surface area contributed by atoms with Crippen LogP contribution in [-0.2, 0) is 13.0 Å². The number of hydrogen-bond acceptors (Lipinski definition) is 2. The second-order valence-corrected chi connectivity index (χ2v) is 6.98. The summed E-state index contributed by atoms with van der Waals surface area (Å²) in [4.78, 5) is 12.3. The van der Waals surface area contributed by atoms with Crippen LogP contribution < -0.4 is 5.56 Å². The van der Waals surface area contributed by atoms with Crippen molar-refractivity contribution in [1.82, 2.24) is 3.96 Å². The minimum absolute atomic E-state index is 0.0463. The van der Waals surface area contributed by atoms with Gasteiger partial charge in [0, 0.05) is 21.6 Å². The highest BCUT2D eigenvalue weighted by Gasteiger charge is 2.11. The maximum absolute atomic E-state index is 13.7. The van der Waals surface area contributed by atoms with Crippen molar-refractivity contribution in [2.45, 2.75) is 13.0 Å². The number of rotatable bonds is 3. The van der Waals surface area contributed by atoms with Crippen molar-refractivity contribution in [3.63, 3.8) is 0 Å². The van der Waals surface area contributed by atoms with E-state index in [1.165, 1.54) is 17.6 Å². The van der Waals surface area contributed by atoms with E-state index in [1.54, 1.807) is 22.2 Å². The van der Waals surface area contributed by atoms with Crippen LogP contribution in [0.4, 0.5) is 4.39 Å². The highest BCUT2D eigenvalue weighted by molar-refractivity contribution is 9.10. The maximum Gasteiger partial charge on any atom is 0.268 e. The molecule has 2 nitrogen and oxygen atoms in total. The zero-order chi connectivity index (χ0) is 15.0. The van der Waals surface area contributed by atoms with E-state index in [4.69, 9.17) is 11.6 Å². The van der Waals surface area contributed by atoms with Crippen molar-refractivity contribution in [1.29, 1.82) is 0 Å². The van der Waals surface area contributed by atoms with E-state index in [1.807, 2.05) is 12.1 Å². The Morgan fingerprint density at radius 3 is 2.86 bits per heavy atom. The molecule has 0 fully saturated rings. The number of aromatic nitrogens is 1. The van der Waals surface area contributed by atoms with Gasteiger partial charge in [-0.3, -0.25) is 8.75 Å². The van der Waals surface area contributed by atoms with Gasteiger partial charge in [0.1, 0.15) is 5.82 Å². The van der Waals surface area contributed by atoms with Gasteiger partial charge in [-0.1, -0.05) is 45.1 Å². The van der Waals surface area contributed by atoms with Crippen molar-refractivity contribution < 1.29 is 4.39 Å². The molecule has 0 atom stereocenters. The number of hydrogen-bond donors (Lipinski definition) is 0. The number of halogens is 3. The quantitative estimate of drug-likeness (QED) is 0.630. The second-order valence-electron chi connectivity index (χ2n) is 4.59. The average molecular weight is 387 g/mol. The summed E-state index contributed by atoms with van der Waals surface area (Å²) in [6, 6.07) is 10.2. The van der Waals surface area contributed by atoms with E-state index in [-0.39, 0.29) is 11.4 Å². The Hall–Kier alpha value is -1.17. The van der Waals surface area contributed by atoms with Gasteiger partial charge in [-0.2, -0.15) is 0 Å². The van der Waals surface area contributed by atoms with Crippen molar-refractivity contribution in [3.05, 3.63) is 67.6 Å². The number of fused-ring (bicyclic) bond motifs is 1. The van der Waals surface area contributed by atoms with Gasteiger partial charge in [0.05, 0.1) is 10.1 Å². The number of aryl methyl sites for hydroxylation is 1. The van der Waals surface area contributed by atoms with Gasteiger partial charge in [-0.15, -0.1) is 0 Å². The molecule has 3 aromatic rings. The highest BCUT2D eigenvalue weighted by Crippen LogP contribution is 2.23. The Labute approximate surface area is 138 Å². The molecular weight excluding hydrogens is 377 g/mol. The van der Waals surface area contributed by atoms with E-state index in [0.717, 1.165) is 9.17 Å². The molecule has 108 valence electrons. The Kier molecular flexibility index (Phi) is 4.15. The van der Waals surface area contributed by atoms with Gasteiger partial charge in [-0.05, 0) is 36.8 Å². The topological polar surface area (TPSA) is 22.0 Å². The van der Waals surface area contributed by atoms with E-state index in [2.05, 4.69) is 15.9 Å². The minimum Gasteiger partial charge on any atom is -0.268 e. The molecule has 0 aliphatic heterocycles. The fourth-order valence-electron chi connectivity index (χ4n) is 2.17. The first kappa shape index (κ1) is 14.8. The zero-order valence-corrected chi connectivity index (χ0v) is 13.9. The monoisotopic (exact) mass is 385 g/mol. The Morgan fingerprint density at radius 1 is 1.29 bits per heavy atom. The summed E-state index contributed by atoms with van der Waals surface area (Å²) in [5.41, 5.74) is 0.402. The van der Waals surface area contributed by atoms with Gasteiger partial charge in [0.2, 0.25) is 0 Å². The Bertz CT molecular complexity index is 853. The molecule has 0 spiro atoms. The van der Waals surface area contributed by atoms with Crippen LogP contribution in [-0.4, -0.2) is 3.96 Å². The molecule has 0 aliphatic rings. The predicted molar refractivity (Wildman–Crippen MR) is 88.9 cm³/mol. The maximum atomic E-state index is 13.7. The molecule has 6 heteroatoms. The molecule has 0 radical (unpaired) electrons. The Morgan fingerprint density at radius 2 is 2.10 bits per heavy atom. The van der Waals surface area contributed by atoms with Gasteiger partial charge < -0.3 is 0 Å². The fourth-order valence-corrected chi connectivity index (χ4v) is 3.98. The summed E-state index contributed by atoms with van der Waals surface area (Å²) in [5.74, 6) is -0.334. The first-order valence-corrected chi connectivity index (χ1v) is 8.23. The molecule has 0 unspecified atom stereocenters. The van der Waals surface area contributed by atoms with Gasteiger partial charge in [0.25, 0.3) is 5.56 Å². The molecule has 0 saturated carbocycles. The van der Waals surface area contributed by atoms with Crippen molar-refractivity contribution in [3.8, 4) is 0 Å². The molecule has 1 heterocycles. The smallest absolute Gasteiger partial charge is 0.268 e. The summed E-state index contributed by atoms with van der Waals surface area (Å²) < 4.78 is 17.2. The summed E-state index contributed by atoms with van der Waals surface area (Å²) >= 11 is 10.8. The third-order valence-corrected chi connectivity index (χ3v) is 5.19. The lowest BCUT2D eigenvalue weighted by Crippen LogP contribution is -2.14. The number of nitrogens with zero attached hydrogens (tertiary/aromatic N) is 1. The van der Waals surface area contributed by atoms with Crippen LogP contribution in [0.3, 0.4) is 0 Å². The fraction of sp³-hybridized carbons (Fsp3) is 0.133. The molecule has 1 aromatic heterocycles. The van der Waals surface area contributed by atoms with E-state index >= 15 is 0 Å². The first-order chi connectivity index (χ1) is 10.1. The third-order valence-electron chi connectivity index (χ3n) is 3.24. The molecule has 0 amide bonds. The first-order valence-electron chi connectivity index (χ1n) is 6.28. The third kappa shape index (κ3) is 2.91. The molecular formula is C15H10BrClFNOS. The van der Waals surface area contributed by atoms with E-state index in [9.17, 15) is 9.18 Å². The Balaban J connectivity index is 1.92. The largest absolute Gasteiger partial charge is 0.268 e. The SMILES string of the molecule is O=c1c2ccc(Br)cc2sn1CCc1c(F)cccc1Cl. The zero-order valence-electron chi connectivity index (χ0n) is 10.8. The summed E-state index contributed by atoms with van der Waals surface area (Å²) in [5, 5.41) is 1.08. The molecule has 2 aromatic carbocycles. The lowest BCUT2D eigenvalue weighted by Gasteiger charge is -2.05. The molecule has 0 saturated heterocycles. The summed E-state index contributed by atoms with van der Waals surface area (Å²) in [7, 11) is 0.